The average Bonchev–Trinajstić information content (AvgIpc) is 3.34. The van der Waals surface area contributed by atoms with Crippen LogP contribution >= 0.6 is 11.6 Å². The monoisotopic (exact) mass is 412 g/mol. The molecule has 1 amide bonds. The van der Waals surface area contributed by atoms with Gasteiger partial charge in [-0.15, -0.1) is 0 Å². The number of rotatable bonds is 5. The largest absolute Gasteiger partial charge is 0.356 e. The minimum Gasteiger partial charge on any atom is -0.356 e. The van der Waals surface area contributed by atoms with Crippen molar-refractivity contribution in [1.82, 2.24) is 24.8 Å². The van der Waals surface area contributed by atoms with Crippen molar-refractivity contribution >= 4 is 34.4 Å². The average molecular weight is 413 g/mol. The third-order valence-corrected chi connectivity index (χ3v) is 5.73. The summed E-state index contributed by atoms with van der Waals surface area (Å²) in [6.07, 6.45) is 7.28. The Morgan fingerprint density at radius 3 is 3.00 bits per heavy atom. The second kappa shape index (κ2) is 7.63. The summed E-state index contributed by atoms with van der Waals surface area (Å²) < 4.78 is 0. The lowest BCUT2D eigenvalue weighted by atomic mass is 10.0. The number of halogens is 1. The van der Waals surface area contributed by atoms with Crippen LogP contribution in [0.4, 0.5) is 5.82 Å². The fourth-order valence-corrected chi connectivity index (χ4v) is 4.00. The number of nitrogens with one attached hydrogen (secondary N) is 2. The molecule has 4 heterocycles. The van der Waals surface area contributed by atoms with Gasteiger partial charge in [0.15, 0.2) is 5.82 Å². The van der Waals surface area contributed by atoms with Crippen molar-refractivity contribution in [3.63, 3.8) is 0 Å². The normalized spacial score (nSPS) is 17.1. The molecule has 1 saturated heterocycles. The first kappa shape index (κ1) is 19.6. The molecule has 0 bridgehead atoms. The predicted molar refractivity (Wildman–Crippen MR) is 115 cm³/mol. The maximum absolute atomic E-state index is 13.1. The summed E-state index contributed by atoms with van der Waals surface area (Å²) in [6, 6.07) is 3.61. The second-order valence-corrected chi connectivity index (χ2v) is 8.52. The zero-order valence-electron chi connectivity index (χ0n) is 16.9. The van der Waals surface area contributed by atoms with Crippen LogP contribution in [0.3, 0.4) is 0 Å². The fraction of sp³-hybridized carbons (Fsp3) is 0.429. The van der Waals surface area contributed by atoms with E-state index in [2.05, 4.69) is 32.2 Å². The van der Waals surface area contributed by atoms with E-state index >= 15 is 0 Å². The Balaban J connectivity index is 1.57. The number of carbonyl (C=O) groups excluding carboxylic acids is 1. The standard InChI is InChI=1S/C21H25ClN6O/c1-4-13-6-8-28(12-13)20(29)21(2,3)27-17-5-7-23-19(26-17)16-11-25-18-15(16)9-14(22)10-24-18/h5,7,9-11,13H,4,6,8,12H2,1-3H3,(H,24,25)(H,23,26,27)/t13-/m0/s1. The van der Waals surface area contributed by atoms with Crippen LogP contribution < -0.4 is 5.32 Å². The molecular weight excluding hydrogens is 388 g/mol. The van der Waals surface area contributed by atoms with Crippen molar-refractivity contribution < 1.29 is 4.79 Å². The molecule has 0 spiro atoms. The van der Waals surface area contributed by atoms with Gasteiger partial charge in [0.05, 0.1) is 5.02 Å². The first-order valence-electron chi connectivity index (χ1n) is 9.91. The number of nitrogens with zero attached hydrogens (tertiary/aromatic N) is 4. The molecule has 152 valence electrons. The quantitative estimate of drug-likeness (QED) is 0.658. The third-order valence-electron chi connectivity index (χ3n) is 5.52. The third kappa shape index (κ3) is 3.92. The summed E-state index contributed by atoms with van der Waals surface area (Å²) >= 11 is 6.10. The summed E-state index contributed by atoms with van der Waals surface area (Å²) in [5.74, 6) is 1.84. The van der Waals surface area contributed by atoms with Gasteiger partial charge >= 0.3 is 0 Å². The van der Waals surface area contributed by atoms with Gasteiger partial charge in [0.25, 0.3) is 0 Å². The Kier molecular flexibility index (Phi) is 5.17. The highest BCUT2D eigenvalue weighted by Crippen LogP contribution is 2.28. The van der Waals surface area contributed by atoms with Gasteiger partial charge < -0.3 is 15.2 Å². The van der Waals surface area contributed by atoms with E-state index in [0.29, 0.717) is 22.6 Å². The number of pyridine rings is 1. The molecule has 8 heteroatoms. The van der Waals surface area contributed by atoms with E-state index in [9.17, 15) is 4.79 Å². The van der Waals surface area contributed by atoms with Crippen molar-refractivity contribution in [2.45, 2.75) is 39.2 Å². The van der Waals surface area contributed by atoms with Crippen LogP contribution in [0.2, 0.25) is 5.02 Å². The van der Waals surface area contributed by atoms with Crippen LogP contribution in [0.1, 0.15) is 33.6 Å². The van der Waals surface area contributed by atoms with Gasteiger partial charge in [-0.05, 0) is 38.3 Å². The van der Waals surface area contributed by atoms with E-state index in [1.807, 2.05) is 31.0 Å². The number of H-pyrrole nitrogens is 1. The lowest BCUT2D eigenvalue weighted by molar-refractivity contribution is -0.134. The molecule has 1 atom stereocenters. The molecule has 0 radical (unpaired) electrons. The van der Waals surface area contributed by atoms with Crippen molar-refractivity contribution in [3.05, 3.63) is 35.7 Å². The minimum atomic E-state index is -0.765. The Hall–Kier alpha value is -2.67. The molecule has 1 fully saturated rings. The second-order valence-electron chi connectivity index (χ2n) is 8.08. The van der Waals surface area contributed by atoms with Crippen molar-refractivity contribution in [2.75, 3.05) is 18.4 Å². The van der Waals surface area contributed by atoms with Crippen LogP contribution in [0, 0.1) is 5.92 Å². The van der Waals surface area contributed by atoms with E-state index in [1.54, 1.807) is 18.5 Å². The number of fused-ring (bicyclic) bond motifs is 1. The smallest absolute Gasteiger partial charge is 0.247 e. The maximum Gasteiger partial charge on any atom is 0.247 e. The van der Waals surface area contributed by atoms with Crippen LogP contribution in [0.15, 0.2) is 30.7 Å². The zero-order chi connectivity index (χ0) is 20.6. The summed E-state index contributed by atoms with van der Waals surface area (Å²) in [4.78, 5) is 31.4. The van der Waals surface area contributed by atoms with Gasteiger partial charge in [0.2, 0.25) is 5.91 Å². The highest BCUT2D eigenvalue weighted by Gasteiger charge is 2.35. The van der Waals surface area contributed by atoms with Gasteiger partial charge in [-0.25, -0.2) is 15.0 Å². The van der Waals surface area contributed by atoms with E-state index in [0.717, 1.165) is 42.5 Å². The first-order chi connectivity index (χ1) is 13.9. The minimum absolute atomic E-state index is 0.0942. The molecule has 1 aliphatic rings. The summed E-state index contributed by atoms with van der Waals surface area (Å²) in [5, 5.41) is 4.70. The van der Waals surface area contributed by atoms with Crippen LogP contribution in [0.5, 0.6) is 0 Å². The number of hydrogen-bond donors (Lipinski definition) is 2. The lowest BCUT2D eigenvalue weighted by Gasteiger charge is -2.30. The summed E-state index contributed by atoms with van der Waals surface area (Å²) in [5.41, 5.74) is 0.772. The van der Waals surface area contributed by atoms with Gasteiger partial charge in [-0.3, -0.25) is 4.79 Å². The summed E-state index contributed by atoms with van der Waals surface area (Å²) in [7, 11) is 0. The van der Waals surface area contributed by atoms with E-state index < -0.39 is 5.54 Å². The summed E-state index contributed by atoms with van der Waals surface area (Å²) in [6.45, 7) is 7.62. The number of aromatic nitrogens is 4. The topological polar surface area (TPSA) is 86.8 Å². The molecule has 3 aromatic heterocycles. The number of likely N-dealkylation sites (tertiary alicyclic amines) is 1. The van der Waals surface area contributed by atoms with Gasteiger partial charge in [0, 0.05) is 42.6 Å². The van der Waals surface area contributed by atoms with Crippen molar-refractivity contribution in [2.24, 2.45) is 5.92 Å². The fourth-order valence-electron chi connectivity index (χ4n) is 3.84. The first-order valence-corrected chi connectivity index (χ1v) is 10.3. The lowest BCUT2D eigenvalue weighted by Crippen LogP contribution is -2.49. The highest BCUT2D eigenvalue weighted by atomic mass is 35.5. The van der Waals surface area contributed by atoms with E-state index in [1.165, 1.54) is 0 Å². The molecule has 0 aliphatic carbocycles. The number of amides is 1. The molecule has 0 aromatic carbocycles. The van der Waals surface area contributed by atoms with E-state index in [4.69, 9.17) is 11.6 Å². The van der Waals surface area contributed by atoms with Gasteiger partial charge in [-0.1, -0.05) is 24.9 Å². The molecule has 3 aromatic rings. The molecule has 4 rings (SSSR count). The Morgan fingerprint density at radius 1 is 1.41 bits per heavy atom. The number of aromatic amines is 1. The maximum atomic E-state index is 13.1. The molecular formula is C21H25ClN6O. The predicted octanol–water partition coefficient (Wildman–Crippen LogP) is 4.12. The molecule has 0 unspecified atom stereocenters. The zero-order valence-corrected chi connectivity index (χ0v) is 17.6. The molecule has 7 nitrogen and oxygen atoms in total. The molecule has 2 N–H and O–H groups in total. The molecule has 0 saturated carbocycles. The van der Waals surface area contributed by atoms with Gasteiger partial charge in [-0.2, -0.15) is 0 Å². The van der Waals surface area contributed by atoms with Crippen LogP contribution in [-0.2, 0) is 4.79 Å². The highest BCUT2D eigenvalue weighted by molar-refractivity contribution is 6.31. The number of carbonyl (C=O) groups is 1. The Morgan fingerprint density at radius 2 is 2.24 bits per heavy atom. The molecule has 29 heavy (non-hydrogen) atoms. The Bertz CT molecular complexity index is 1050. The van der Waals surface area contributed by atoms with Crippen LogP contribution in [0.25, 0.3) is 22.4 Å². The SMILES string of the molecule is CC[C@H]1CCN(C(=O)C(C)(C)Nc2ccnc(-c3c[nH]c4ncc(Cl)cc34)n2)C1. The molecule has 1 aliphatic heterocycles. The number of anilines is 1. The Labute approximate surface area is 174 Å². The number of hydrogen-bond acceptors (Lipinski definition) is 5. The van der Waals surface area contributed by atoms with Crippen LogP contribution in [-0.4, -0.2) is 49.4 Å². The van der Waals surface area contributed by atoms with E-state index in [-0.39, 0.29) is 5.91 Å². The van der Waals surface area contributed by atoms with Crippen molar-refractivity contribution in [1.29, 1.82) is 0 Å². The van der Waals surface area contributed by atoms with Crippen molar-refractivity contribution in [3.8, 4) is 11.4 Å². The van der Waals surface area contributed by atoms with Gasteiger partial charge in [0.1, 0.15) is 17.0 Å².